The molecule has 0 heterocycles. The van der Waals surface area contributed by atoms with Crippen LogP contribution in [-0.4, -0.2) is 33.7 Å². The van der Waals surface area contributed by atoms with E-state index in [1.54, 1.807) is 6.07 Å². The van der Waals surface area contributed by atoms with Gasteiger partial charge < -0.3 is 10.4 Å². The molecule has 1 rings (SSSR count). The number of hydrogen-bond donors (Lipinski definition) is 2. The van der Waals surface area contributed by atoms with Crippen LogP contribution in [0.4, 0.5) is 5.69 Å². The molecule has 0 radical (unpaired) electrons. The first kappa shape index (κ1) is 16.4. The van der Waals surface area contributed by atoms with Crippen LogP contribution >= 0.6 is 27.7 Å². The van der Waals surface area contributed by atoms with E-state index in [0.29, 0.717) is 9.37 Å². The van der Waals surface area contributed by atoms with Crippen molar-refractivity contribution in [3.05, 3.63) is 32.8 Å². The van der Waals surface area contributed by atoms with E-state index in [1.165, 1.54) is 19.1 Å². The zero-order chi connectivity index (χ0) is 15.3. The number of hydrogen-bond acceptors (Lipinski definition) is 5. The van der Waals surface area contributed by atoms with Gasteiger partial charge in [0.1, 0.15) is 6.04 Å². The Balaban J connectivity index is 2.85. The number of thioether (sulfide) groups is 1. The van der Waals surface area contributed by atoms with Gasteiger partial charge in [-0.15, -0.1) is 11.8 Å². The van der Waals surface area contributed by atoms with Crippen LogP contribution in [0.25, 0.3) is 0 Å². The van der Waals surface area contributed by atoms with Gasteiger partial charge in [-0.3, -0.25) is 14.9 Å². The molecule has 0 saturated carbocycles. The van der Waals surface area contributed by atoms with Crippen LogP contribution in [0.5, 0.6) is 0 Å². The van der Waals surface area contributed by atoms with Crippen molar-refractivity contribution >= 4 is 45.3 Å². The molecule has 0 bridgehead atoms. The summed E-state index contributed by atoms with van der Waals surface area (Å²) < 4.78 is 0.560. The van der Waals surface area contributed by atoms with Crippen molar-refractivity contribution in [2.75, 3.05) is 5.75 Å². The minimum Gasteiger partial charge on any atom is -0.480 e. The number of carbonyl (C=O) groups excluding carboxylic acids is 1. The summed E-state index contributed by atoms with van der Waals surface area (Å²) in [4.78, 5) is 32.6. The Morgan fingerprint density at radius 3 is 2.70 bits per heavy atom. The highest BCUT2D eigenvalue weighted by molar-refractivity contribution is 9.10. The quantitative estimate of drug-likeness (QED) is 0.455. The third-order valence-corrected chi connectivity index (χ3v) is 3.85. The third-order valence-electron chi connectivity index (χ3n) is 2.20. The average molecular weight is 363 g/mol. The maximum absolute atomic E-state index is 11.0. The van der Waals surface area contributed by atoms with E-state index in [1.807, 2.05) is 0 Å². The van der Waals surface area contributed by atoms with E-state index in [9.17, 15) is 19.7 Å². The van der Waals surface area contributed by atoms with Gasteiger partial charge >= 0.3 is 5.97 Å². The molecule has 108 valence electrons. The summed E-state index contributed by atoms with van der Waals surface area (Å²) >= 11 is 4.14. The predicted octanol–water partition coefficient (Wildman–Crippen LogP) is 2.04. The van der Waals surface area contributed by atoms with Gasteiger partial charge in [-0.05, 0) is 12.1 Å². The van der Waals surface area contributed by atoms with Crippen LogP contribution in [0.2, 0.25) is 0 Å². The summed E-state index contributed by atoms with van der Waals surface area (Å²) in [7, 11) is 0. The third kappa shape index (κ3) is 4.82. The van der Waals surface area contributed by atoms with E-state index < -0.39 is 22.8 Å². The summed E-state index contributed by atoms with van der Waals surface area (Å²) in [6, 6.07) is 3.40. The van der Waals surface area contributed by atoms with Crippen LogP contribution in [0.1, 0.15) is 6.92 Å². The van der Waals surface area contributed by atoms with Crippen LogP contribution in [0, 0.1) is 10.1 Å². The number of amides is 1. The van der Waals surface area contributed by atoms with Gasteiger partial charge in [0.15, 0.2) is 0 Å². The first-order valence-electron chi connectivity index (χ1n) is 5.38. The molecule has 0 fully saturated rings. The number of nitro groups is 1. The van der Waals surface area contributed by atoms with Crippen LogP contribution in [0.3, 0.4) is 0 Å². The molecule has 0 unspecified atom stereocenters. The van der Waals surface area contributed by atoms with E-state index in [4.69, 9.17) is 5.11 Å². The number of nitrogens with one attached hydrogen (secondary N) is 1. The fourth-order valence-corrected chi connectivity index (χ4v) is 2.72. The Morgan fingerprint density at radius 1 is 1.55 bits per heavy atom. The molecule has 0 spiro atoms. The van der Waals surface area contributed by atoms with Gasteiger partial charge in [0.25, 0.3) is 5.69 Å². The van der Waals surface area contributed by atoms with Crippen molar-refractivity contribution in [2.45, 2.75) is 17.9 Å². The zero-order valence-corrected chi connectivity index (χ0v) is 12.7. The number of nitrogens with zero attached hydrogens (tertiary/aromatic N) is 1. The molecule has 0 aliphatic rings. The van der Waals surface area contributed by atoms with Crippen molar-refractivity contribution in [3.8, 4) is 0 Å². The van der Waals surface area contributed by atoms with Crippen molar-refractivity contribution in [2.24, 2.45) is 0 Å². The molecule has 0 saturated heterocycles. The standard InChI is InChI=1S/C11H11BrN2O5S/c1-6(15)13-8(11(16)17)5-20-10-3-2-7(12)4-9(10)14(18)19/h2-4,8H,5H2,1H3,(H,13,15)(H,16,17)/t8-/m0/s1. The molecule has 1 aromatic carbocycles. The summed E-state index contributed by atoms with van der Waals surface area (Å²) in [5.41, 5.74) is -0.115. The lowest BCUT2D eigenvalue weighted by molar-refractivity contribution is -0.387. The molecule has 2 N–H and O–H groups in total. The summed E-state index contributed by atoms with van der Waals surface area (Å²) in [5, 5.41) is 22.1. The van der Waals surface area contributed by atoms with Gasteiger partial charge in [0.05, 0.1) is 9.82 Å². The Morgan fingerprint density at radius 2 is 2.20 bits per heavy atom. The lowest BCUT2D eigenvalue weighted by Gasteiger charge is -2.12. The highest BCUT2D eigenvalue weighted by atomic mass is 79.9. The fraction of sp³-hybridized carbons (Fsp3) is 0.273. The molecule has 1 amide bonds. The molecular weight excluding hydrogens is 352 g/mol. The van der Waals surface area contributed by atoms with Gasteiger partial charge in [-0.2, -0.15) is 0 Å². The fourth-order valence-electron chi connectivity index (χ4n) is 1.35. The normalized spacial score (nSPS) is 11.7. The number of aliphatic carboxylic acids is 1. The molecule has 0 aliphatic carbocycles. The van der Waals surface area contributed by atoms with Gasteiger partial charge in [-0.1, -0.05) is 15.9 Å². The second-order valence-electron chi connectivity index (χ2n) is 3.77. The van der Waals surface area contributed by atoms with E-state index >= 15 is 0 Å². The summed E-state index contributed by atoms with van der Waals surface area (Å²) in [6.45, 7) is 1.21. The van der Waals surface area contributed by atoms with Crippen molar-refractivity contribution < 1.29 is 19.6 Å². The van der Waals surface area contributed by atoms with Crippen LogP contribution < -0.4 is 5.32 Å². The maximum atomic E-state index is 11.0. The maximum Gasteiger partial charge on any atom is 0.327 e. The molecule has 9 heteroatoms. The zero-order valence-electron chi connectivity index (χ0n) is 10.3. The number of nitro benzene ring substituents is 1. The first-order chi connectivity index (χ1) is 9.31. The van der Waals surface area contributed by atoms with E-state index in [2.05, 4.69) is 21.2 Å². The number of benzene rings is 1. The number of rotatable bonds is 6. The second-order valence-corrected chi connectivity index (χ2v) is 5.75. The summed E-state index contributed by atoms with van der Waals surface area (Å²) in [6.07, 6.45) is 0. The van der Waals surface area contributed by atoms with E-state index in [0.717, 1.165) is 11.8 Å². The monoisotopic (exact) mass is 362 g/mol. The smallest absolute Gasteiger partial charge is 0.327 e. The Kier molecular flexibility index (Phi) is 5.96. The van der Waals surface area contributed by atoms with Gasteiger partial charge in [-0.25, -0.2) is 4.79 Å². The Labute approximate surface area is 127 Å². The lowest BCUT2D eigenvalue weighted by Crippen LogP contribution is -2.41. The van der Waals surface area contributed by atoms with Gasteiger partial charge in [0, 0.05) is 23.2 Å². The number of halogens is 1. The largest absolute Gasteiger partial charge is 0.480 e. The molecular formula is C11H11BrN2O5S. The second kappa shape index (κ2) is 7.25. The van der Waals surface area contributed by atoms with Gasteiger partial charge in [0.2, 0.25) is 5.91 Å². The minimum atomic E-state index is -1.19. The first-order valence-corrected chi connectivity index (χ1v) is 7.15. The molecule has 0 aliphatic heterocycles. The highest BCUT2D eigenvalue weighted by Gasteiger charge is 2.21. The predicted molar refractivity (Wildman–Crippen MR) is 76.8 cm³/mol. The number of carbonyl (C=O) groups is 2. The van der Waals surface area contributed by atoms with Crippen LogP contribution in [0.15, 0.2) is 27.6 Å². The van der Waals surface area contributed by atoms with Crippen LogP contribution in [-0.2, 0) is 9.59 Å². The molecule has 1 aromatic rings. The molecule has 0 aromatic heterocycles. The van der Waals surface area contributed by atoms with E-state index in [-0.39, 0.29) is 11.4 Å². The molecule has 20 heavy (non-hydrogen) atoms. The highest BCUT2D eigenvalue weighted by Crippen LogP contribution is 2.32. The minimum absolute atomic E-state index is 0.00259. The average Bonchev–Trinajstić information content (AvgIpc) is 2.34. The lowest BCUT2D eigenvalue weighted by atomic mass is 10.3. The molecule has 1 atom stereocenters. The Bertz CT molecular complexity index is 552. The molecule has 7 nitrogen and oxygen atoms in total. The topological polar surface area (TPSA) is 110 Å². The summed E-state index contributed by atoms with van der Waals surface area (Å²) in [5.74, 6) is -1.66. The number of carboxylic acid groups (broad SMARTS) is 1. The van der Waals surface area contributed by atoms with Crippen molar-refractivity contribution in [3.63, 3.8) is 0 Å². The van der Waals surface area contributed by atoms with Crippen molar-refractivity contribution in [1.29, 1.82) is 0 Å². The SMILES string of the molecule is CC(=O)N[C@@H](CSc1ccc(Br)cc1[N+](=O)[O-])C(=O)O. The number of carboxylic acids is 1. The Hall–Kier alpha value is -1.61. The van der Waals surface area contributed by atoms with Crippen molar-refractivity contribution in [1.82, 2.24) is 5.32 Å².